The van der Waals surface area contributed by atoms with Gasteiger partial charge in [0, 0.05) is 0 Å². The second-order valence-corrected chi connectivity index (χ2v) is 2.96. The van der Waals surface area contributed by atoms with Gasteiger partial charge in [-0.25, -0.2) is 0 Å². The summed E-state index contributed by atoms with van der Waals surface area (Å²) in [6.45, 7) is 0. The summed E-state index contributed by atoms with van der Waals surface area (Å²) in [5.74, 6) is 0. The maximum Gasteiger partial charge on any atom is 0.172 e. The summed E-state index contributed by atoms with van der Waals surface area (Å²) in [5.41, 5.74) is 0. The summed E-state index contributed by atoms with van der Waals surface area (Å²) < 4.78 is 0.845. The minimum absolute atomic E-state index is 0.324. The zero-order chi connectivity index (χ0) is 5.28. The molecule has 0 saturated heterocycles. The first-order valence-electron chi connectivity index (χ1n) is 1.77. The molecular formula is C4H4OS2. The maximum atomic E-state index is 8.62. The molecule has 0 spiro atoms. The van der Waals surface area contributed by atoms with E-state index < -0.39 is 0 Å². The molecule has 1 nitrogen and oxygen atoms in total. The standard InChI is InChI=1S/C4H4OS2/c5-3-1-2-4(6)7-3/h1-2,5-6H. The normalized spacial score (nSPS) is 9.29. The van der Waals surface area contributed by atoms with Gasteiger partial charge in [-0.2, -0.15) is 0 Å². The van der Waals surface area contributed by atoms with E-state index >= 15 is 0 Å². The van der Waals surface area contributed by atoms with Crippen LogP contribution < -0.4 is 0 Å². The third-order valence-electron chi connectivity index (χ3n) is 0.578. The zero-order valence-electron chi connectivity index (χ0n) is 3.46. The molecule has 0 aliphatic heterocycles. The van der Waals surface area contributed by atoms with E-state index in [9.17, 15) is 0 Å². The molecule has 1 rings (SSSR count). The minimum Gasteiger partial charge on any atom is -0.499 e. The smallest absolute Gasteiger partial charge is 0.172 e. The monoisotopic (exact) mass is 132 g/mol. The zero-order valence-corrected chi connectivity index (χ0v) is 5.17. The van der Waals surface area contributed by atoms with Crippen LogP contribution in [0.3, 0.4) is 0 Å². The highest BCUT2D eigenvalue weighted by Gasteiger charge is 1.88. The maximum absolute atomic E-state index is 8.62. The molecule has 1 aromatic rings. The Kier molecular flexibility index (Phi) is 1.25. The van der Waals surface area contributed by atoms with Crippen LogP contribution in [0.1, 0.15) is 0 Å². The topological polar surface area (TPSA) is 20.2 Å². The Hall–Kier alpha value is -0.150. The van der Waals surface area contributed by atoms with E-state index in [-0.39, 0.29) is 0 Å². The fraction of sp³-hybridized carbons (Fsp3) is 0. The molecule has 0 radical (unpaired) electrons. The first kappa shape index (κ1) is 5.00. The van der Waals surface area contributed by atoms with Crippen LogP contribution in [0.2, 0.25) is 0 Å². The van der Waals surface area contributed by atoms with E-state index in [2.05, 4.69) is 12.6 Å². The summed E-state index contributed by atoms with van der Waals surface area (Å²) in [4.78, 5) is 0. The van der Waals surface area contributed by atoms with Gasteiger partial charge >= 0.3 is 0 Å². The lowest BCUT2D eigenvalue weighted by Gasteiger charge is -1.71. The minimum atomic E-state index is 0.324. The highest BCUT2D eigenvalue weighted by atomic mass is 32.2. The fourth-order valence-electron chi connectivity index (χ4n) is 0.318. The van der Waals surface area contributed by atoms with Crippen molar-refractivity contribution in [3.05, 3.63) is 12.1 Å². The third kappa shape index (κ3) is 1.11. The van der Waals surface area contributed by atoms with E-state index in [4.69, 9.17) is 5.11 Å². The van der Waals surface area contributed by atoms with Gasteiger partial charge in [-0.15, -0.1) is 12.6 Å². The quantitative estimate of drug-likeness (QED) is 0.515. The van der Waals surface area contributed by atoms with Crippen molar-refractivity contribution < 1.29 is 5.11 Å². The predicted molar refractivity (Wildman–Crippen MR) is 33.2 cm³/mol. The molecule has 0 atom stereocenters. The lowest BCUT2D eigenvalue weighted by Crippen LogP contribution is -1.35. The van der Waals surface area contributed by atoms with E-state index in [1.165, 1.54) is 11.3 Å². The van der Waals surface area contributed by atoms with E-state index in [0.29, 0.717) is 5.06 Å². The first-order chi connectivity index (χ1) is 3.29. The van der Waals surface area contributed by atoms with Gasteiger partial charge in [-0.1, -0.05) is 11.3 Å². The Morgan fingerprint density at radius 2 is 2.29 bits per heavy atom. The molecule has 3 heteroatoms. The van der Waals surface area contributed by atoms with Gasteiger partial charge in [0.25, 0.3) is 0 Å². The van der Waals surface area contributed by atoms with Crippen molar-refractivity contribution in [2.24, 2.45) is 0 Å². The number of rotatable bonds is 0. The molecular weight excluding hydrogens is 128 g/mol. The van der Waals surface area contributed by atoms with Crippen LogP contribution in [-0.4, -0.2) is 5.11 Å². The first-order valence-corrected chi connectivity index (χ1v) is 3.03. The molecule has 0 aliphatic rings. The van der Waals surface area contributed by atoms with Crippen molar-refractivity contribution in [1.82, 2.24) is 0 Å². The number of hydrogen-bond donors (Lipinski definition) is 2. The Labute approximate surface area is 51.0 Å². The van der Waals surface area contributed by atoms with Crippen LogP contribution in [0.25, 0.3) is 0 Å². The van der Waals surface area contributed by atoms with Crippen LogP contribution in [0, 0.1) is 0 Å². The lowest BCUT2D eigenvalue weighted by atomic mass is 10.7. The van der Waals surface area contributed by atoms with Crippen molar-refractivity contribution in [3.63, 3.8) is 0 Å². The van der Waals surface area contributed by atoms with Crippen molar-refractivity contribution >= 4 is 24.0 Å². The van der Waals surface area contributed by atoms with E-state index in [0.717, 1.165) is 4.21 Å². The van der Waals surface area contributed by atoms with Gasteiger partial charge in [0.15, 0.2) is 5.06 Å². The second kappa shape index (κ2) is 1.76. The molecule has 0 fully saturated rings. The summed E-state index contributed by atoms with van der Waals surface area (Å²) in [7, 11) is 0. The van der Waals surface area contributed by atoms with Crippen molar-refractivity contribution in [3.8, 4) is 5.06 Å². The van der Waals surface area contributed by atoms with Crippen molar-refractivity contribution in [1.29, 1.82) is 0 Å². The molecule has 0 amide bonds. The predicted octanol–water partition coefficient (Wildman–Crippen LogP) is 1.74. The SMILES string of the molecule is Oc1ccc(S)s1. The van der Waals surface area contributed by atoms with Gasteiger partial charge in [0.05, 0.1) is 4.21 Å². The fourth-order valence-corrected chi connectivity index (χ4v) is 1.16. The molecule has 1 heterocycles. The summed E-state index contributed by atoms with van der Waals surface area (Å²) >= 11 is 5.23. The number of thiophene rings is 1. The summed E-state index contributed by atoms with van der Waals surface area (Å²) in [6, 6.07) is 3.37. The molecule has 0 saturated carbocycles. The highest BCUT2D eigenvalue weighted by molar-refractivity contribution is 7.82. The van der Waals surface area contributed by atoms with Gasteiger partial charge in [0.1, 0.15) is 0 Å². The molecule has 0 bridgehead atoms. The molecule has 1 aromatic heterocycles. The van der Waals surface area contributed by atoms with Gasteiger partial charge < -0.3 is 5.11 Å². The van der Waals surface area contributed by atoms with Crippen molar-refractivity contribution in [2.75, 3.05) is 0 Å². The third-order valence-corrected chi connectivity index (χ3v) is 1.69. The average molecular weight is 132 g/mol. The van der Waals surface area contributed by atoms with Crippen LogP contribution in [0.15, 0.2) is 16.3 Å². The van der Waals surface area contributed by atoms with Gasteiger partial charge in [0.2, 0.25) is 0 Å². The number of hydrogen-bond acceptors (Lipinski definition) is 3. The van der Waals surface area contributed by atoms with E-state index in [1.807, 2.05) is 0 Å². The Morgan fingerprint density at radius 3 is 2.43 bits per heavy atom. The van der Waals surface area contributed by atoms with Crippen LogP contribution in [0.5, 0.6) is 5.06 Å². The Morgan fingerprint density at radius 1 is 1.57 bits per heavy atom. The molecule has 0 unspecified atom stereocenters. The van der Waals surface area contributed by atoms with E-state index in [1.54, 1.807) is 12.1 Å². The summed E-state index contributed by atoms with van der Waals surface area (Å²) in [5, 5.41) is 8.95. The largest absolute Gasteiger partial charge is 0.499 e. The van der Waals surface area contributed by atoms with Crippen LogP contribution >= 0.6 is 24.0 Å². The van der Waals surface area contributed by atoms with Gasteiger partial charge in [-0.3, -0.25) is 0 Å². The Balaban J connectivity index is 3.04. The molecule has 38 valence electrons. The van der Waals surface area contributed by atoms with Crippen molar-refractivity contribution in [2.45, 2.75) is 4.21 Å². The molecule has 7 heavy (non-hydrogen) atoms. The number of aromatic hydroxyl groups is 1. The average Bonchev–Trinajstić information content (AvgIpc) is 1.87. The molecule has 0 aliphatic carbocycles. The highest BCUT2D eigenvalue weighted by Crippen LogP contribution is 2.24. The van der Waals surface area contributed by atoms with Crippen LogP contribution in [-0.2, 0) is 0 Å². The number of thiol groups is 1. The molecule has 0 aromatic carbocycles. The second-order valence-electron chi connectivity index (χ2n) is 1.11. The lowest BCUT2D eigenvalue weighted by molar-refractivity contribution is 0.491. The van der Waals surface area contributed by atoms with Gasteiger partial charge in [-0.05, 0) is 12.1 Å². The summed E-state index contributed by atoms with van der Waals surface area (Å²) in [6.07, 6.45) is 0. The molecule has 1 N–H and O–H groups in total. The Bertz CT molecular complexity index is 142. The van der Waals surface area contributed by atoms with Crippen LogP contribution in [0.4, 0.5) is 0 Å².